The largest absolute Gasteiger partial charge is 0.482 e. The van der Waals surface area contributed by atoms with Crippen molar-refractivity contribution in [3.63, 3.8) is 0 Å². The van der Waals surface area contributed by atoms with Crippen LogP contribution in [-0.4, -0.2) is 35.6 Å². The summed E-state index contributed by atoms with van der Waals surface area (Å²) in [5, 5.41) is 2.93. The van der Waals surface area contributed by atoms with Crippen molar-refractivity contribution in [2.45, 2.75) is 39.8 Å². The van der Waals surface area contributed by atoms with Gasteiger partial charge >= 0.3 is 5.97 Å². The molecule has 0 radical (unpaired) electrons. The molecule has 0 fully saturated rings. The standard InChI is InChI=1S/C18H20N2O4S/c1-10(2)24-18(22)11(3)20-15-7-13(14-9-25-12(4)19-14)5-6-16(15)23-8-17(20)21/h5-7,9-11H,8H2,1-4H3. The lowest BCUT2D eigenvalue weighted by Crippen LogP contribution is -2.49. The highest BCUT2D eigenvalue weighted by Crippen LogP contribution is 2.37. The van der Waals surface area contributed by atoms with Crippen molar-refractivity contribution < 1.29 is 19.1 Å². The second-order valence-corrected chi connectivity index (χ2v) is 7.21. The average molecular weight is 360 g/mol. The van der Waals surface area contributed by atoms with E-state index in [2.05, 4.69) is 4.98 Å². The maximum atomic E-state index is 12.4. The number of esters is 1. The quantitative estimate of drug-likeness (QED) is 0.783. The fourth-order valence-corrected chi connectivity index (χ4v) is 3.31. The van der Waals surface area contributed by atoms with Crippen molar-refractivity contribution in [2.75, 3.05) is 11.5 Å². The lowest BCUT2D eigenvalue weighted by molar-refractivity contribution is -0.149. The first kappa shape index (κ1) is 17.4. The van der Waals surface area contributed by atoms with E-state index in [1.54, 1.807) is 38.2 Å². The van der Waals surface area contributed by atoms with Crippen LogP contribution in [0.1, 0.15) is 25.8 Å². The Hall–Kier alpha value is -2.41. The molecule has 2 heterocycles. The summed E-state index contributed by atoms with van der Waals surface area (Å²) in [4.78, 5) is 30.6. The van der Waals surface area contributed by atoms with E-state index in [4.69, 9.17) is 9.47 Å². The van der Waals surface area contributed by atoms with E-state index >= 15 is 0 Å². The Labute approximate surface area is 150 Å². The topological polar surface area (TPSA) is 68.7 Å². The molecule has 0 spiro atoms. The molecule has 0 N–H and O–H groups in total. The molecule has 1 aromatic carbocycles. The van der Waals surface area contributed by atoms with Crippen LogP contribution in [0.15, 0.2) is 23.6 Å². The summed E-state index contributed by atoms with van der Waals surface area (Å²) in [6.07, 6.45) is -0.241. The number of carbonyl (C=O) groups is 2. The number of aryl methyl sites for hydroxylation is 1. The van der Waals surface area contributed by atoms with Crippen LogP contribution in [0.25, 0.3) is 11.3 Å². The smallest absolute Gasteiger partial charge is 0.329 e. The number of anilines is 1. The van der Waals surface area contributed by atoms with E-state index in [0.717, 1.165) is 16.3 Å². The minimum atomic E-state index is -0.732. The van der Waals surface area contributed by atoms with Crippen LogP contribution >= 0.6 is 11.3 Å². The number of fused-ring (bicyclic) bond motifs is 1. The molecule has 1 amide bonds. The minimum Gasteiger partial charge on any atom is -0.482 e. The van der Waals surface area contributed by atoms with E-state index in [9.17, 15) is 9.59 Å². The highest BCUT2D eigenvalue weighted by atomic mass is 32.1. The Kier molecular flexibility index (Phi) is 4.76. The van der Waals surface area contributed by atoms with Gasteiger partial charge in [-0.3, -0.25) is 9.69 Å². The molecule has 7 heteroatoms. The number of amides is 1. The fraction of sp³-hybridized carbons (Fsp3) is 0.389. The van der Waals surface area contributed by atoms with Crippen molar-refractivity contribution >= 4 is 28.9 Å². The van der Waals surface area contributed by atoms with Crippen molar-refractivity contribution in [3.05, 3.63) is 28.6 Å². The van der Waals surface area contributed by atoms with E-state index in [0.29, 0.717) is 11.4 Å². The normalized spacial score (nSPS) is 14.9. The number of rotatable bonds is 4. The molecule has 0 saturated heterocycles. The summed E-state index contributed by atoms with van der Waals surface area (Å²) in [5.41, 5.74) is 2.27. The van der Waals surface area contributed by atoms with Gasteiger partial charge in [0.25, 0.3) is 5.91 Å². The maximum Gasteiger partial charge on any atom is 0.329 e. The molecule has 25 heavy (non-hydrogen) atoms. The molecule has 1 unspecified atom stereocenters. The first-order valence-corrected chi connectivity index (χ1v) is 8.96. The number of hydrogen-bond acceptors (Lipinski definition) is 6. The predicted molar refractivity (Wildman–Crippen MR) is 96.0 cm³/mol. The molecule has 1 atom stereocenters. The number of thiazole rings is 1. The molecule has 0 aliphatic carbocycles. The van der Waals surface area contributed by atoms with Gasteiger partial charge in [-0.25, -0.2) is 9.78 Å². The molecular weight excluding hydrogens is 340 g/mol. The monoisotopic (exact) mass is 360 g/mol. The van der Waals surface area contributed by atoms with Crippen LogP contribution in [0.4, 0.5) is 5.69 Å². The molecule has 0 saturated carbocycles. The van der Waals surface area contributed by atoms with Crippen LogP contribution in [0.2, 0.25) is 0 Å². The van der Waals surface area contributed by atoms with Gasteiger partial charge in [0.05, 0.1) is 22.5 Å². The highest BCUT2D eigenvalue weighted by molar-refractivity contribution is 7.09. The zero-order chi connectivity index (χ0) is 18.1. The molecule has 6 nitrogen and oxygen atoms in total. The summed E-state index contributed by atoms with van der Waals surface area (Å²) < 4.78 is 10.8. The van der Waals surface area contributed by atoms with Crippen LogP contribution < -0.4 is 9.64 Å². The Morgan fingerprint density at radius 3 is 2.76 bits per heavy atom. The fourth-order valence-electron chi connectivity index (χ4n) is 2.69. The van der Waals surface area contributed by atoms with Gasteiger partial charge in [0.15, 0.2) is 6.61 Å². The second kappa shape index (κ2) is 6.84. The Balaban J connectivity index is 1.99. The minimum absolute atomic E-state index is 0.0958. The van der Waals surface area contributed by atoms with Crippen molar-refractivity contribution in [3.8, 4) is 17.0 Å². The third-order valence-corrected chi connectivity index (χ3v) is 4.61. The summed E-state index contributed by atoms with van der Waals surface area (Å²) in [6, 6.07) is 4.81. The van der Waals surface area contributed by atoms with Gasteiger partial charge in [-0.2, -0.15) is 0 Å². The van der Waals surface area contributed by atoms with Gasteiger partial charge < -0.3 is 9.47 Å². The molecule has 3 rings (SSSR count). The zero-order valence-electron chi connectivity index (χ0n) is 14.6. The van der Waals surface area contributed by atoms with Crippen molar-refractivity contribution in [1.82, 2.24) is 4.98 Å². The molecular formula is C18H20N2O4S. The van der Waals surface area contributed by atoms with Gasteiger partial charge in [-0.05, 0) is 45.9 Å². The molecule has 2 aromatic rings. The van der Waals surface area contributed by atoms with E-state index in [1.165, 1.54) is 4.90 Å². The zero-order valence-corrected chi connectivity index (χ0v) is 15.4. The summed E-state index contributed by atoms with van der Waals surface area (Å²) in [5.74, 6) is -0.141. The van der Waals surface area contributed by atoms with Gasteiger partial charge in [0, 0.05) is 10.9 Å². The number of carbonyl (C=O) groups excluding carboxylic acids is 2. The number of benzene rings is 1. The van der Waals surface area contributed by atoms with Crippen LogP contribution in [-0.2, 0) is 14.3 Å². The average Bonchev–Trinajstić information content (AvgIpc) is 2.99. The summed E-state index contributed by atoms with van der Waals surface area (Å²) in [7, 11) is 0. The second-order valence-electron chi connectivity index (χ2n) is 6.15. The molecule has 1 aliphatic heterocycles. The predicted octanol–water partition coefficient (Wildman–Crippen LogP) is 3.18. The molecule has 1 aliphatic rings. The Bertz CT molecular complexity index is 815. The third-order valence-electron chi connectivity index (χ3n) is 3.83. The molecule has 0 bridgehead atoms. The lowest BCUT2D eigenvalue weighted by Gasteiger charge is -2.33. The van der Waals surface area contributed by atoms with Crippen LogP contribution in [0, 0.1) is 6.92 Å². The Morgan fingerprint density at radius 1 is 1.36 bits per heavy atom. The third kappa shape index (κ3) is 3.51. The first-order valence-electron chi connectivity index (χ1n) is 8.08. The van der Waals surface area contributed by atoms with Gasteiger partial charge in [0.2, 0.25) is 0 Å². The lowest BCUT2D eigenvalue weighted by atomic mass is 10.1. The van der Waals surface area contributed by atoms with E-state index in [-0.39, 0.29) is 18.6 Å². The SMILES string of the molecule is Cc1nc(-c2ccc3c(c2)N(C(C)C(=O)OC(C)C)C(=O)CO3)cs1. The van der Waals surface area contributed by atoms with Gasteiger partial charge in [-0.1, -0.05) is 0 Å². The maximum absolute atomic E-state index is 12.4. The Morgan fingerprint density at radius 2 is 2.12 bits per heavy atom. The van der Waals surface area contributed by atoms with Crippen molar-refractivity contribution in [2.24, 2.45) is 0 Å². The van der Waals surface area contributed by atoms with Gasteiger partial charge in [-0.15, -0.1) is 11.3 Å². The van der Waals surface area contributed by atoms with Gasteiger partial charge in [0.1, 0.15) is 11.8 Å². The summed E-state index contributed by atoms with van der Waals surface area (Å²) >= 11 is 1.56. The van der Waals surface area contributed by atoms with Crippen LogP contribution in [0.3, 0.4) is 0 Å². The van der Waals surface area contributed by atoms with Crippen molar-refractivity contribution in [1.29, 1.82) is 0 Å². The summed E-state index contributed by atoms with van der Waals surface area (Å²) in [6.45, 7) is 7.07. The molecule has 132 valence electrons. The number of nitrogens with zero attached hydrogens (tertiary/aromatic N) is 2. The highest BCUT2D eigenvalue weighted by Gasteiger charge is 2.34. The number of hydrogen-bond donors (Lipinski definition) is 0. The van der Waals surface area contributed by atoms with Crippen LogP contribution in [0.5, 0.6) is 5.75 Å². The van der Waals surface area contributed by atoms with E-state index < -0.39 is 12.0 Å². The number of aromatic nitrogens is 1. The number of ether oxygens (including phenoxy) is 2. The van der Waals surface area contributed by atoms with E-state index in [1.807, 2.05) is 24.4 Å². The molecule has 1 aromatic heterocycles. The first-order chi connectivity index (χ1) is 11.9.